The molecule has 1 rings (SSSR count). The molecule has 24 heavy (non-hydrogen) atoms. The molecule has 0 unspecified atom stereocenters. The summed E-state index contributed by atoms with van der Waals surface area (Å²) >= 11 is -2.26. The van der Waals surface area contributed by atoms with Crippen molar-refractivity contribution in [2.45, 2.75) is 77.5 Å². The molecule has 1 aromatic carbocycles. The van der Waals surface area contributed by atoms with Crippen molar-refractivity contribution < 1.29 is 9.47 Å². The topological polar surface area (TPSA) is 18.5 Å². The summed E-state index contributed by atoms with van der Waals surface area (Å²) in [6.45, 7) is 6.98. The monoisotopic (exact) mass is 460 g/mol. The van der Waals surface area contributed by atoms with Crippen LogP contribution in [0, 0.1) is 0 Å². The summed E-state index contributed by atoms with van der Waals surface area (Å²) in [6.07, 6.45) is 8.14. The van der Waals surface area contributed by atoms with Gasteiger partial charge in [0, 0.05) is 0 Å². The summed E-state index contributed by atoms with van der Waals surface area (Å²) in [5.41, 5.74) is 0. The van der Waals surface area contributed by atoms with E-state index < -0.39 is 17.0 Å². The maximum atomic E-state index is 5.68. The van der Waals surface area contributed by atoms with Gasteiger partial charge in [-0.25, -0.2) is 0 Å². The second-order valence-electron chi connectivity index (χ2n) is 6.61. The SMILES string of the molecule is CCC[CH2][Sn]([CH2]CCC)([CH2]CCC)[S]c1ccc(OC)cc1OC. The molecule has 0 fully saturated rings. The predicted molar refractivity (Wildman–Crippen MR) is 110 cm³/mol. The first-order valence-corrected chi connectivity index (χ1v) is 19.9. The van der Waals surface area contributed by atoms with Crippen molar-refractivity contribution in [2.75, 3.05) is 14.2 Å². The van der Waals surface area contributed by atoms with Crippen LogP contribution in [0.2, 0.25) is 13.3 Å². The van der Waals surface area contributed by atoms with Crippen LogP contribution >= 0.6 is 8.95 Å². The summed E-state index contributed by atoms with van der Waals surface area (Å²) in [6, 6.07) is 6.34. The Hall–Kier alpha value is -0.0313. The molecule has 0 atom stereocenters. The standard InChI is InChI=1S/C8H10O2S.3C4H9.Sn/c1-9-6-3-4-8(11)7(5-6)10-2;3*1-3-4-2;/h3-5,11H,1-2H3;3*1,3-4H2,2H3;/q;;;;+1/p-1. The van der Waals surface area contributed by atoms with E-state index >= 15 is 0 Å². The molecule has 0 aliphatic rings. The zero-order valence-electron chi connectivity index (χ0n) is 16.3. The second kappa shape index (κ2) is 12.3. The van der Waals surface area contributed by atoms with Crippen molar-refractivity contribution in [3.8, 4) is 11.5 Å². The van der Waals surface area contributed by atoms with Crippen LogP contribution in [0.15, 0.2) is 23.1 Å². The second-order valence-corrected chi connectivity index (χ2v) is 25.8. The number of unbranched alkanes of at least 4 members (excludes halogenated alkanes) is 3. The van der Waals surface area contributed by atoms with Crippen LogP contribution < -0.4 is 9.47 Å². The Morgan fingerprint density at radius 2 is 1.38 bits per heavy atom. The molecule has 0 amide bonds. The van der Waals surface area contributed by atoms with Crippen LogP contribution in [-0.2, 0) is 0 Å². The Morgan fingerprint density at radius 3 is 1.79 bits per heavy atom. The number of rotatable bonds is 13. The summed E-state index contributed by atoms with van der Waals surface area (Å²) in [7, 11) is 5.75. The molecule has 0 saturated carbocycles. The molecule has 1 aromatic rings. The van der Waals surface area contributed by atoms with Crippen LogP contribution in [0.4, 0.5) is 0 Å². The van der Waals surface area contributed by atoms with Gasteiger partial charge in [-0.15, -0.1) is 0 Å². The van der Waals surface area contributed by atoms with E-state index in [4.69, 9.17) is 9.47 Å². The molecule has 0 radical (unpaired) electrons. The van der Waals surface area contributed by atoms with Gasteiger partial charge in [0.2, 0.25) is 0 Å². The number of hydrogen-bond donors (Lipinski definition) is 0. The van der Waals surface area contributed by atoms with Crippen molar-refractivity contribution in [3.63, 3.8) is 0 Å². The van der Waals surface area contributed by atoms with E-state index in [0.29, 0.717) is 0 Å². The molecule has 0 saturated heterocycles. The van der Waals surface area contributed by atoms with Gasteiger partial charge in [0.15, 0.2) is 0 Å². The van der Waals surface area contributed by atoms with E-state index in [2.05, 4.69) is 41.8 Å². The minimum atomic E-state index is -2.26. The van der Waals surface area contributed by atoms with E-state index in [1.807, 2.05) is 6.07 Å². The summed E-state index contributed by atoms with van der Waals surface area (Å²) in [5, 5.41) is 0. The van der Waals surface area contributed by atoms with Gasteiger partial charge < -0.3 is 0 Å². The fourth-order valence-corrected chi connectivity index (χ4v) is 25.9. The molecule has 0 heterocycles. The third-order valence-corrected chi connectivity index (χ3v) is 26.2. The molecule has 0 aliphatic heterocycles. The van der Waals surface area contributed by atoms with Crippen molar-refractivity contribution in [1.82, 2.24) is 0 Å². The van der Waals surface area contributed by atoms with Gasteiger partial charge in [0.25, 0.3) is 0 Å². The summed E-state index contributed by atoms with van der Waals surface area (Å²) in [4.78, 5) is 1.34. The number of hydrogen-bond acceptors (Lipinski definition) is 3. The van der Waals surface area contributed by atoms with E-state index in [1.54, 1.807) is 14.2 Å². The maximum absolute atomic E-state index is 5.68. The zero-order valence-corrected chi connectivity index (χ0v) is 20.0. The van der Waals surface area contributed by atoms with Crippen LogP contribution in [0.5, 0.6) is 11.5 Å². The molecule has 0 N–H and O–H groups in total. The average Bonchev–Trinajstić information content (AvgIpc) is 2.63. The molecule has 0 spiro atoms. The Labute approximate surface area is 156 Å². The van der Waals surface area contributed by atoms with Gasteiger partial charge in [0.05, 0.1) is 0 Å². The van der Waals surface area contributed by atoms with Gasteiger partial charge in [-0.1, -0.05) is 0 Å². The fourth-order valence-electron chi connectivity index (χ4n) is 3.12. The van der Waals surface area contributed by atoms with Crippen molar-refractivity contribution in [3.05, 3.63) is 18.2 Å². The van der Waals surface area contributed by atoms with Gasteiger partial charge in [-0.05, 0) is 0 Å². The molecule has 138 valence electrons. The van der Waals surface area contributed by atoms with Crippen LogP contribution in [0.1, 0.15) is 59.3 Å². The summed E-state index contributed by atoms with van der Waals surface area (Å²) < 4.78 is 15.6. The third kappa shape index (κ3) is 7.07. The Kier molecular flexibility index (Phi) is 11.3. The van der Waals surface area contributed by atoms with Gasteiger partial charge in [0.1, 0.15) is 0 Å². The van der Waals surface area contributed by atoms with Crippen molar-refractivity contribution in [1.29, 1.82) is 0 Å². The van der Waals surface area contributed by atoms with Crippen molar-refractivity contribution in [2.24, 2.45) is 0 Å². The zero-order chi connectivity index (χ0) is 17.8. The third-order valence-electron chi connectivity index (χ3n) is 4.66. The van der Waals surface area contributed by atoms with E-state index in [0.717, 1.165) is 11.5 Å². The number of methoxy groups -OCH3 is 2. The molecule has 0 aliphatic carbocycles. The molecule has 0 bridgehead atoms. The van der Waals surface area contributed by atoms with E-state index in [-0.39, 0.29) is 0 Å². The Bertz CT molecular complexity index is 443. The molecule has 4 heteroatoms. The first kappa shape index (κ1) is 22.0. The average molecular weight is 459 g/mol. The van der Waals surface area contributed by atoms with E-state index in [1.165, 1.54) is 56.7 Å². The number of benzene rings is 1. The van der Waals surface area contributed by atoms with Crippen LogP contribution in [0.25, 0.3) is 0 Å². The minimum absolute atomic E-state index is 0.882. The first-order valence-electron chi connectivity index (χ1n) is 9.55. The van der Waals surface area contributed by atoms with Crippen LogP contribution in [-0.4, -0.2) is 31.2 Å². The van der Waals surface area contributed by atoms with Gasteiger partial charge in [-0.3, -0.25) is 0 Å². The Morgan fingerprint density at radius 1 is 0.833 bits per heavy atom. The van der Waals surface area contributed by atoms with Crippen molar-refractivity contribution >= 4 is 25.9 Å². The molecule has 2 nitrogen and oxygen atoms in total. The molecule has 0 aromatic heterocycles. The molecular formula is C20H36O2SSn. The fraction of sp³-hybridized carbons (Fsp3) is 0.700. The van der Waals surface area contributed by atoms with Crippen LogP contribution in [0.3, 0.4) is 0 Å². The number of ether oxygens (including phenoxy) is 2. The van der Waals surface area contributed by atoms with Gasteiger partial charge in [-0.2, -0.15) is 0 Å². The predicted octanol–water partition coefficient (Wildman–Crippen LogP) is 7.14. The first-order chi connectivity index (χ1) is 11.6. The quantitative estimate of drug-likeness (QED) is 0.292. The van der Waals surface area contributed by atoms with E-state index in [9.17, 15) is 0 Å². The van der Waals surface area contributed by atoms with Gasteiger partial charge >= 0.3 is 157 Å². The normalized spacial score (nSPS) is 11.5. The molecular weight excluding hydrogens is 423 g/mol. The Balaban J connectivity index is 3.07. The summed E-state index contributed by atoms with van der Waals surface area (Å²) in [5.74, 6) is 1.87.